The van der Waals surface area contributed by atoms with Gasteiger partial charge in [0, 0.05) is 30.8 Å². The van der Waals surface area contributed by atoms with Crippen molar-refractivity contribution in [2.75, 3.05) is 26.1 Å². The molecular formula is C15H18N2O3. The van der Waals surface area contributed by atoms with E-state index in [4.69, 9.17) is 14.2 Å². The molecule has 2 rings (SSSR count). The number of anilines is 1. The molecule has 0 atom stereocenters. The first kappa shape index (κ1) is 14.0. The van der Waals surface area contributed by atoms with E-state index >= 15 is 0 Å². The Kier molecular flexibility index (Phi) is 4.65. The summed E-state index contributed by atoms with van der Waals surface area (Å²) in [6, 6.07) is 7.27. The van der Waals surface area contributed by atoms with E-state index in [9.17, 15) is 0 Å². The fourth-order valence-electron chi connectivity index (χ4n) is 1.75. The van der Waals surface area contributed by atoms with Gasteiger partial charge in [-0.1, -0.05) is 0 Å². The van der Waals surface area contributed by atoms with Crippen LogP contribution >= 0.6 is 0 Å². The standard InChI is InChI=1S/C15H18N2O3/c1-4-17-11-5-15(10-16-9-11)20-14-7-12(18-2)6-13(8-14)19-3/h5-10,17H,4H2,1-3H3. The van der Waals surface area contributed by atoms with E-state index in [1.807, 2.05) is 13.0 Å². The number of nitrogens with zero attached hydrogens (tertiary/aromatic N) is 1. The number of aromatic nitrogens is 1. The van der Waals surface area contributed by atoms with Gasteiger partial charge < -0.3 is 19.5 Å². The summed E-state index contributed by atoms with van der Waals surface area (Å²) in [6.07, 6.45) is 3.41. The minimum absolute atomic E-state index is 0.636. The zero-order valence-electron chi connectivity index (χ0n) is 11.8. The van der Waals surface area contributed by atoms with Crippen LogP contribution in [0.2, 0.25) is 0 Å². The maximum absolute atomic E-state index is 5.79. The largest absolute Gasteiger partial charge is 0.496 e. The molecule has 0 aliphatic carbocycles. The molecule has 5 heteroatoms. The molecule has 0 aliphatic heterocycles. The number of pyridine rings is 1. The van der Waals surface area contributed by atoms with Gasteiger partial charge in [0.05, 0.1) is 32.3 Å². The zero-order valence-corrected chi connectivity index (χ0v) is 11.8. The van der Waals surface area contributed by atoms with Crippen LogP contribution in [0.15, 0.2) is 36.7 Å². The molecule has 0 spiro atoms. The number of methoxy groups -OCH3 is 2. The van der Waals surface area contributed by atoms with Gasteiger partial charge in [-0.05, 0) is 6.92 Å². The Morgan fingerprint density at radius 2 is 1.55 bits per heavy atom. The number of nitrogens with one attached hydrogen (secondary N) is 1. The highest BCUT2D eigenvalue weighted by Gasteiger charge is 2.05. The van der Waals surface area contributed by atoms with Crippen molar-refractivity contribution in [2.45, 2.75) is 6.92 Å². The average molecular weight is 274 g/mol. The first-order valence-electron chi connectivity index (χ1n) is 6.35. The SMILES string of the molecule is CCNc1cncc(Oc2cc(OC)cc(OC)c2)c1. The van der Waals surface area contributed by atoms with Gasteiger partial charge in [0.25, 0.3) is 0 Å². The van der Waals surface area contributed by atoms with Gasteiger partial charge in [0.1, 0.15) is 23.0 Å². The molecule has 2 aromatic rings. The molecule has 0 bridgehead atoms. The lowest BCUT2D eigenvalue weighted by atomic mass is 10.3. The van der Waals surface area contributed by atoms with Crippen molar-refractivity contribution in [1.82, 2.24) is 4.98 Å². The van der Waals surface area contributed by atoms with Crippen molar-refractivity contribution in [3.05, 3.63) is 36.7 Å². The Hall–Kier alpha value is -2.43. The summed E-state index contributed by atoms with van der Waals surface area (Å²) in [5, 5.41) is 3.19. The van der Waals surface area contributed by atoms with Crippen LogP contribution in [0.25, 0.3) is 0 Å². The van der Waals surface area contributed by atoms with Gasteiger partial charge in [-0.2, -0.15) is 0 Å². The van der Waals surface area contributed by atoms with Gasteiger partial charge in [-0.3, -0.25) is 4.98 Å². The van der Waals surface area contributed by atoms with Gasteiger partial charge in [0.15, 0.2) is 0 Å². The number of rotatable bonds is 6. The smallest absolute Gasteiger partial charge is 0.147 e. The van der Waals surface area contributed by atoms with Gasteiger partial charge in [-0.15, -0.1) is 0 Å². The third-order valence-electron chi connectivity index (χ3n) is 2.65. The summed E-state index contributed by atoms with van der Waals surface area (Å²) >= 11 is 0. The molecule has 0 amide bonds. The van der Waals surface area contributed by atoms with E-state index in [1.165, 1.54) is 0 Å². The van der Waals surface area contributed by atoms with E-state index in [-0.39, 0.29) is 0 Å². The Bertz CT molecular complexity index is 551. The van der Waals surface area contributed by atoms with Crippen LogP contribution in [0.1, 0.15) is 6.92 Å². The average Bonchev–Trinajstić information content (AvgIpc) is 2.47. The molecule has 106 valence electrons. The first-order chi connectivity index (χ1) is 9.75. The highest BCUT2D eigenvalue weighted by molar-refractivity contribution is 5.48. The molecule has 0 unspecified atom stereocenters. The Morgan fingerprint density at radius 1 is 0.900 bits per heavy atom. The van der Waals surface area contributed by atoms with E-state index in [1.54, 1.807) is 44.8 Å². The molecule has 0 saturated carbocycles. The molecule has 0 fully saturated rings. The summed E-state index contributed by atoms with van der Waals surface area (Å²) in [7, 11) is 3.21. The van der Waals surface area contributed by atoms with Crippen LogP contribution in [-0.2, 0) is 0 Å². The summed E-state index contributed by atoms with van der Waals surface area (Å²) in [6.45, 7) is 2.86. The first-order valence-corrected chi connectivity index (χ1v) is 6.35. The fourth-order valence-corrected chi connectivity index (χ4v) is 1.75. The zero-order chi connectivity index (χ0) is 14.4. The minimum atomic E-state index is 0.636. The van der Waals surface area contributed by atoms with Crippen LogP contribution in [0.3, 0.4) is 0 Å². The van der Waals surface area contributed by atoms with Crippen molar-refractivity contribution in [2.24, 2.45) is 0 Å². The molecule has 0 radical (unpaired) electrons. The summed E-state index contributed by atoms with van der Waals surface area (Å²) in [4.78, 5) is 4.13. The van der Waals surface area contributed by atoms with Crippen LogP contribution in [0.4, 0.5) is 5.69 Å². The van der Waals surface area contributed by atoms with Crippen molar-refractivity contribution in [3.63, 3.8) is 0 Å². The van der Waals surface area contributed by atoms with Gasteiger partial charge in [-0.25, -0.2) is 0 Å². The lowest BCUT2D eigenvalue weighted by Gasteiger charge is -2.10. The fraction of sp³-hybridized carbons (Fsp3) is 0.267. The van der Waals surface area contributed by atoms with E-state index < -0.39 is 0 Å². The van der Waals surface area contributed by atoms with Crippen LogP contribution in [-0.4, -0.2) is 25.7 Å². The van der Waals surface area contributed by atoms with Crippen LogP contribution in [0, 0.1) is 0 Å². The summed E-state index contributed by atoms with van der Waals surface area (Å²) < 4.78 is 16.2. The molecule has 0 saturated heterocycles. The van der Waals surface area contributed by atoms with E-state index in [0.29, 0.717) is 23.0 Å². The number of hydrogen-bond donors (Lipinski definition) is 1. The van der Waals surface area contributed by atoms with Gasteiger partial charge in [0.2, 0.25) is 0 Å². The molecule has 1 aromatic carbocycles. The number of benzene rings is 1. The minimum Gasteiger partial charge on any atom is -0.496 e. The monoisotopic (exact) mass is 274 g/mol. The lowest BCUT2D eigenvalue weighted by molar-refractivity contribution is 0.386. The maximum Gasteiger partial charge on any atom is 0.147 e. The van der Waals surface area contributed by atoms with Crippen molar-refractivity contribution in [1.29, 1.82) is 0 Å². The molecule has 5 nitrogen and oxygen atoms in total. The van der Waals surface area contributed by atoms with Crippen LogP contribution < -0.4 is 19.5 Å². The summed E-state index contributed by atoms with van der Waals surface area (Å²) in [5.74, 6) is 2.64. The Labute approximate surface area is 118 Å². The second-order valence-corrected chi connectivity index (χ2v) is 4.09. The van der Waals surface area contributed by atoms with Crippen molar-refractivity contribution < 1.29 is 14.2 Å². The second kappa shape index (κ2) is 6.65. The Morgan fingerprint density at radius 3 is 2.15 bits per heavy atom. The quantitative estimate of drug-likeness (QED) is 0.875. The van der Waals surface area contributed by atoms with E-state index in [2.05, 4.69) is 10.3 Å². The molecule has 20 heavy (non-hydrogen) atoms. The normalized spacial score (nSPS) is 9.95. The van der Waals surface area contributed by atoms with E-state index in [0.717, 1.165) is 12.2 Å². The van der Waals surface area contributed by atoms with Gasteiger partial charge >= 0.3 is 0 Å². The molecular weight excluding hydrogens is 256 g/mol. The summed E-state index contributed by atoms with van der Waals surface area (Å²) in [5.41, 5.74) is 0.917. The third kappa shape index (κ3) is 3.54. The Balaban J connectivity index is 2.22. The predicted octanol–water partition coefficient (Wildman–Crippen LogP) is 3.32. The molecule has 1 N–H and O–H groups in total. The third-order valence-corrected chi connectivity index (χ3v) is 2.65. The topological polar surface area (TPSA) is 52.6 Å². The highest BCUT2D eigenvalue weighted by atomic mass is 16.5. The molecule has 1 heterocycles. The molecule has 1 aromatic heterocycles. The van der Waals surface area contributed by atoms with Crippen molar-refractivity contribution in [3.8, 4) is 23.0 Å². The van der Waals surface area contributed by atoms with Crippen molar-refractivity contribution >= 4 is 5.69 Å². The number of hydrogen-bond acceptors (Lipinski definition) is 5. The molecule has 0 aliphatic rings. The maximum atomic E-state index is 5.79. The van der Waals surface area contributed by atoms with Crippen LogP contribution in [0.5, 0.6) is 23.0 Å². The lowest BCUT2D eigenvalue weighted by Crippen LogP contribution is -1.97. The highest BCUT2D eigenvalue weighted by Crippen LogP contribution is 2.31. The second-order valence-electron chi connectivity index (χ2n) is 4.09. The predicted molar refractivity (Wildman–Crippen MR) is 78.0 cm³/mol. The number of ether oxygens (including phenoxy) is 3.